The third-order valence-electron chi connectivity index (χ3n) is 6.01. The molecule has 1 heterocycles. The molecule has 10 heteroatoms. The largest absolute Gasteiger partial charge is 0.493 e. The van der Waals surface area contributed by atoms with E-state index in [1.807, 2.05) is 30.3 Å². The van der Waals surface area contributed by atoms with Crippen LogP contribution in [0.2, 0.25) is 0 Å². The number of carbonyl (C=O) groups excluding carboxylic acids is 1. The molecule has 10 nitrogen and oxygen atoms in total. The number of hydrazone groups is 1. The van der Waals surface area contributed by atoms with Gasteiger partial charge in [-0.25, -0.2) is 5.43 Å². The highest BCUT2D eigenvalue weighted by Crippen LogP contribution is 2.30. The standard InChI is InChI=1S/C27H27N5O5/c1-17(28-29-26(33)15-31-19(3)27(32(34)35)18(2)30-31)21-12-13-24(25(14-21)36-4)37-16-22-10-7-9-20-8-5-6-11-23(20)22/h5-14H,15-16H2,1-4H3,(H,29,33)/b28-17+. The van der Waals surface area contributed by atoms with Gasteiger partial charge in [-0.1, -0.05) is 42.5 Å². The molecule has 0 fully saturated rings. The molecule has 190 valence electrons. The molecule has 0 spiro atoms. The molecule has 3 aromatic carbocycles. The fraction of sp³-hybridized carbons (Fsp3) is 0.222. The van der Waals surface area contributed by atoms with Crippen molar-refractivity contribution in [2.45, 2.75) is 33.9 Å². The van der Waals surface area contributed by atoms with Crippen LogP contribution in [0.3, 0.4) is 0 Å². The van der Waals surface area contributed by atoms with Crippen LogP contribution in [-0.2, 0) is 17.9 Å². The Morgan fingerprint density at radius 1 is 1.11 bits per heavy atom. The van der Waals surface area contributed by atoms with Crippen molar-refractivity contribution in [3.63, 3.8) is 0 Å². The van der Waals surface area contributed by atoms with E-state index in [0.717, 1.165) is 21.9 Å². The van der Waals surface area contributed by atoms with E-state index in [9.17, 15) is 14.9 Å². The first-order valence-corrected chi connectivity index (χ1v) is 11.6. The van der Waals surface area contributed by atoms with Gasteiger partial charge in [-0.3, -0.25) is 19.6 Å². The molecule has 1 aromatic heterocycles. The molecule has 0 aliphatic carbocycles. The van der Waals surface area contributed by atoms with Crippen molar-refractivity contribution in [2.24, 2.45) is 5.10 Å². The van der Waals surface area contributed by atoms with Gasteiger partial charge in [0.15, 0.2) is 11.5 Å². The Bertz CT molecular complexity index is 1500. The van der Waals surface area contributed by atoms with E-state index >= 15 is 0 Å². The molecule has 4 rings (SSSR count). The lowest BCUT2D eigenvalue weighted by molar-refractivity contribution is -0.386. The number of methoxy groups -OCH3 is 1. The Balaban J connectivity index is 1.43. The highest BCUT2D eigenvalue weighted by atomic mass is 16.6. The summed E-state index contributed by atoms with van der Waals surface area (Å²) in [5.74, 6) is 0.664. The molecule has 37 heavy (non-hydrogen) atoms. The highest BCUT2D eigenvalue weighted by Gasteiger charge is 2.22. The third kappa shape index (κ3) is 5.58. The summed E-state index contributed by atoms with van der Waals surface area (Å²) in [5, 5.41) is 21.7. The van der Waals surface area contributed by atoms with Crippen molar-refractivity contribution in [3.8, 4) is 11.5 Å². The van der Waals surface area contributed by atoms with Gasteiger partial charge in [0.25, 0.3) is 5.91 Å². The zero-order chi connectivity index (χ0) is 26.5. The van der Waals surface area contributed by atoms with Crippen LogP contribution in [0.1, 0.15) is 29.4 Å². The van der Waals surface area contributed by atoms with Crippen LogP contribution in [0.15, 0.2) is 65.8 Å². The van der Waals surface area contributed by atoms with Crippen LogP contribution >= 0.6 is 0 Å². The van der Waals surface area contributed by atoms with Crippen molar-refractivity contribution < 1.29 is 19.2 Å². The molecule has 1 N–H and O–H groups in total. The minimum absolute atomic E-state index is 0.0951. The second kappa shape index (κ2) is 10.9. The van der Waals surface area contributed by atoms with Gasteiger partial charge in [-0.15, -0.1) is 0 Å². The summed E-state index contributed by atoms with van der Waals surface area (Å²) in [6.45, 7) is 5.02. The SMILES string of the molecule is COc1cc(/C(C)=N/NC(=O)Cn2nc(C)c([N+](=O)[O-])c2C)ccc1OCc1cccc2ccccc12. The van der Waals surface area contributed by atoms with E-state index in [2.05, 4.69) is 33.8 Å². The van der Waals surface area contributed by atoms with Crippen LogP contribution in [0.5, 0.6) is 11.5 Å². The number of hydrogen-bond acceptors (Lipinski definition) is 7. The Morgan fingerprint density at radius 3 is 2.59 bits per heavy atom. The van der Waals surface area contributed by atoms with Crippen LogP contribution in [-0.4, -0.2) is 33.4 Å². The first kappa shape index (κ1) is 25.4. The molecule has 0 radical (unpaired) electrons. The molecule has 0 aliphatic rings. The lowest BCUT2D eigenvalue weighted by Crippen LogP contribution is -2.25. The number of benzene rings is 3. The van der Waals surface area contributed by atoms with Gasteiger partial charge in [0, 0.05) is 5.56 Å². The van der Waals surface area contributed by atoms with E-state index in [4.69, 9.17) is 9.47 Å². The number of nitro groups is 1. The van der Waals surface area contributed by atoms with Gasteiger partial charge in [0.05, 0.1) is 17.7 Å². The number of fused-ring (bicyclic) bond motifs is 1. The molecular formula is C27H27N5O5. The lowest BCUT2D eigenvalue weighted by Gasteiger charge is -2.13. The van der Waals surface area contributed by atoms with Crippen LogP contribution in [0, 0.1) is 24.0 Å². The van der Waals surface area contributed by atoms with Crippen molar-refractivity contribution in [1.29, 1.82) is 0 Å². The second-order valence-corrected chi connectivity index (χ2v) is 8.46. The summed E-state index contributed by atoms with van der Waals surface area (Å²) in [7, 11) is 1.56. The van der Waals surface area contributed by atoms with E-state index in [-0.39, 0.29) is 17.9 Å². The van der Waals surface area contributed by atoms with E-state index < -0.39 is 10.8 Å². The molecule has 0 unspecified atom stereocenters. The van der Waals surface area contributed by atoms with Gasteiger partial charge in [0.2, 0.25) is 0 Å². The first-order chi connectivity index (χ1) is 17.8. The van der Waals surface area contributed by atoms with E-state index in [1.165, 1.54) is 11.6 Å². The molecule has 4 aromatic rings. The van der Waals surface area contributed by atoms with Crippen molar-refractivity contribution >= 4 is 28.1 Å². The number of hydrogen-bond donors (Lipinski definition) is 1. The topological polar surface area (TPSA) is 121 Å². The number of aromatic nitrogens is 2. The summed E-state index contributed by atoms with van der Waals surface area (Å²) in [4.78, 5) is 23.1. The fourth-order valence-corrected chi connectivity index (χ4v) is 4.07. The summed E-state index contributed by atoms with van der Waals surface area (Å²) in [6, 6.07) is 19.7. The van der Waals surface area contributed by atoms with Crippen molar-refractivity contribution in [3.05, 3.63) is 93.3 Å². The average molecular weight is 502 g/mol. The summed E-state index contributed by atoms with van der Waals surface area (Å²) in [5.41, 5.74) is 5.29. The predicted octanol–water partition coefficient (Wildman–Crippen LogP) is 4.69. The highest BCUT2D eigenvalue weighted by molar-refractivity contribution is 5.99. The Kier molecular flexibility index (Phi) is 7.47. The molecule has 0 bridgehead atoms. The first-order valence-electron chi connectivity index (χ1n) is 11.6. The van der Waals surface area contributed by atoms with Crippen LogP contribution < -0.4 is 14.9 Å². The Labute approximate surface area is 213 Å². The number of ether oxygens (including phenoxy) is 2. The fourth-order valence-electron chi connectivity index (χ4n) is 4.07. The molecule has 0 atom stereocenters. The van der Waals surface area contributed by atoms with Gasteiger partial charge >= 0.3 is 5.69 Å². The molecule has 0 saturated heterocycles. The quantitative estimate of drug-likeness (QED) is 0.202. The summed E-state index contributed by atoms with van der Waals surface area (Å²) < 4.78 is 12.9. The summed E-state index contributed by atoms with van der Waals surface area (Å²) in [6.07, 6.45) is 0. The zero-order valence-corrected chi connectivity index (χ0v) is 21.0. The molecule has 0 saturated carbocycles. The zero-order valence-electron chi connectivity index (χ0n) is 21.0. The van der Waals surface area contributed by atoms with Gasteiger partial charge in [0.1, 0.15) is 24.5 Å². The minimum atomic E-state index is -0.503. The normalized spacial score (nSPS) is 11.4. The van der Waals surface area contributed by atoms with Crippen LogP contribution in [0.25, 0.3) is 10.8 Å². The number of amides is 1. The molecule has 0 aliphatic heterocycles. The average Bonchev–Trinajstić information content (AvgIpc) is 3.18. The number of carbonyl (C=O) groups is 1. The third-order valence-corrected chi connectivity index (χ3v) is 6.01. The van der Waals surface area contributed by atoms with Crippen LogP contribution in [0.4, 0.5) is 5.69 Å². The Morgan fingerprint density at radius 2 is 1.86 bits per heavy atom. The monoisotopic (exact) mass is 501 g/mol. The molecule has 1 amide bonds. The van der Waals surface area contributed by atoms with Crippen molar-refractivity contribution in [1.82, 2.24) is 15.2 Å². The smallest absolute Gasteiger partial charge is 0.312 e. The number of aryl methyl sites for hydroxylation is 1. The second-order valence-electron chi connectivity index (χ2n) is 8.46. The maximum absolute atomic E-state index is 12.4. The summed E-state index contributed by atoms with van der Waals surface area (Å²) >= 11 is 0. The predicted molar refractivity (Wildman–Crippen MR) is 140 cm³/mol. The minimum Gasteiger partial charge on any atom is -0.493 e. The van der Waals surface area contributed by atoms with E-state index in [1.54, 1.807) is 33.1 Å². The van der Waals surface area contributed by atoms with Gasteiger partial charge < -0.3 is 9.47 Å². The van der Waals surface area contributed by atoms with Gasteiger partial charge in [-0.05, 0) is 55.3 Å². The maximum atomic E-state index is 12.4. The van der Waals surface area contributed by atoms with Crippen molar-refractivity contribution in [2.75, 3.05) is 7.11 Å². The number of nitrogens with zero attached hydrogens (tertiary/aromatic N) is 4. The van der Waals surface area contributed by atoms with E-state index in [0.29, 0.717) is 29.5 Å². The Hall–Kier alpha value is -4.73. The lowest BCUT2D eigenvalue weighted by atomic mass is 10.1. The van der Waals surface area contributed by atoms with Gasteiger partial charge in [-0.2, -0.15) is 10.2 Å². The number of nitrogens with one attached hydrogen (secondary N) is 1. The maximum Gasteiger partial charge on any atom is 0.312 e. The number of rotatable bonds is 9. The molecular weight excluding hydrogens is 474 g/mol.